The molecule has 0 aliphatic carbocycles. The van der Waals surface area contributed by atoms with E-state index < -0.39 is 11.8 Å². The van der Waals surface area contributed by atoms with E-state index >= 15 is 0 Å². The van der Waals surface area contributed by atoms with E-state index in [4.69, 9.17) is 10.3 Å². The van der Waals surface area contributed by atoms with E-state index in [2.05, 4.69) is 5.16 Å². The Balaban J connectivity index is 2.29. The van der Waals surface area contributed by atoms with Crippen molar-refractivity contribution in [1.82, 2.24) is 0 Å². The number of aliphatic carboxylic acids is 1. The molecule has 0 aromatic heterocycles. The quantitative estimate of drug-likeness (QED) is 0.502. The van der Waals surface area contributed by atoms with Gasteiger partial charge >= 0.3 is 5.97 Å². The summed E-state index contributed by atoms with van der Waals surface area (Å²) in [6.07, 6.45) is -0.257. The fraction of sp³-hybridized carbons (Fsp3) is 0.125. The predicted octanol–water partition coefficient (Wildman–Crippen LogP) is 3.54. The second-order valence-electron chi connectivity index (χ2n) is 4.50. The van der Waals surface area contributed by atoms with Gasteiger partial charge in [0.15, 0.2) is 0 Å². The minimum absolute atomic E-state index is 0.0227. The summed E-state index contributed by atoms with van der Waals surface area (Å²) < 4.78 is 14.2. The van der Waals surface area contributed by atoms with E-state index in [-0.39, 0.29) is 24.1 Å². The van der Waals surface area contributed by atoms with Gasteiger partial charge in [0.25, 0.3) is 0 Å². The first kappa shape index (κ1) is 14.7. The Morgan fingerprint density at radius 2 is 1.76 bits per heavy atom. The molecule has 0 aliphatic heterocycles. The van der Waals surface area contributed by atoms with Crippen LogP contribution < -0.4 is 0 Å². The number of nitrogens with zero attached hydrogens (tertiary/aromatic N) is 1. The maximum absolute atomic E-state index is 14.2. The zero-order chi connectivity index (χ0) is 15.2. The first-order valence-corrected chi connectivity index (χ1v) is 6.40. The van der Waals surface area contributed by atoms with Crippen molar-refractivity contribution in [2.45, 2.75) is 12.8 Å². The number of benzene rings is 2. The minimum Gasteiger partial charge on any atom is -0.481 e. The summed E-state index contributed by atoms with van der Waals surface area (Å²) >= 11 is 0. The highest BCUT2D eigenvalue weighted by atomic mass is 19.1. The van der Waals surface area contributed by atoms with Gasteiger partial charge in [0.2, 0.25) is 0 Å². The summed E-state index contributed by atoms with van der Waals surface area (Å²) in [5, 5.41) is 20.6. The van der Waals surface area contributed by atoms with E-state index in [1.54, 1.807) is 6.07 Å². The van der Waals surface area contributed by atoms with Gasteiger partial charge in [0.05, 0.1) is 12.1 Å². The molecule has 4 nitrogen and oxygen atoms in total. The lowest BCUT2D eigenvalue weighted by Crippen LogP contribution is -2.07. The van der Waals surface area contributed by atoms with Gasteiger partial charge in [-0.15, -0.1) is 0 Å². The Morgan fingerprint density at radius 1 is 1.05 bits per heavy atom. The first-order valence-electron chi connectivity index (χ1n) is 6.40. The van der Waals surface area contributed by atoms with Crippen LogP contribution >= 0.6 is 0 Å². The van der Waals surface area contributed by atoms with Crippen molar-refractivity contribution in [2.75, 3.05) is 0 Å². The third kappa shape index (κ3) is 3.66. The summed E-state index contributed by atoms with van der Waals surface area (Å²) in [6.45, 7) is 0. The molecule has 0 spiro atoms. The molecule has 108 valence electrons. The van der Waals surface area contributed by atoms with Gasteiger partial charge in [0, 0.05) is 12.0 Å². The largest absolute Gasteiger partial charge is 0.481 e. The summed E-state index contributed by atoms with van der Waals surface area (Å²) in [7, 11) is 0. The van der Waals surface area contributed by atoms with Crippen LogP contribution in [0, 0.1) is 5.82 Å². The van der Waals surface area contributed by atoms with E-state index in [0.29, 0.717) is 5.56 Å². The summed E-state index contributed by atoms with van der Waals surface area (Å²) in [4.78, 5) is 10.5. The lowest BCUT2D eigenvalue weighted by Gasteiger charge is -2.07. The van der Waals surface area contributed by atoms with Gasteiger partial charge in [-0.05, 0) is 23.3 Å². The molecule has 2 N–H and O–H groups in total. The average molecular weight is 287 g/mol. The summed E-state index contributed by atoms with van der Waals surface area (Å²) in [5.41, 5.74) is 1.70. The second-order valence-corrected chi connectivity index (χ2v) is 4.50. The normalized spacial score (nSPS) is 11.4. The van der Waals surface area contributed by atoms with Crippen molar-refractivity contribution in [1.29, 1.82) is 0 Å². The highest BCUT2D eigenvalue weighted by Gasteiger charge is 2.13. The Bertz CT molecular complexity index is 668. The molecule has 2 aromatic rings. The van der Waals surface area contributed by atoms with E-state index in [9.17, 15) is 9.18 Å². The maximum atomic E-state index is 14.2. The van der Waals surface area contributed by atoms with Crippen LogP contribution in [0.2, 0.25) is 0 Å². The third-order valence-electron chi connectivity index (χ3n) is 3.08. The molecule has 2 rings (SSSR count). The standard InChI is InChI=1S/C16H14FNO3/c17-14-10-12(11-4-2-1-3-5-11)6-7-13(14)15(18-21)8-9-16(19)20/h1-7,10,21H,8-9H2,(H,19,20). The molecule has 0 atom stereocenters. The Labute approximate surface area is 121 Å². The molecule has 5 heteroatoms. The number of oxime groups is 1. The molecular formula is C16H14FNO3. The van der Waals surface area contributed by atoms with Crippen molar-refractivity contribution in [2.24, 2.45) is 5.16 Å². The zero-order valence-electron chi connectivity index (χ0n) is 11.2. The molecule has 0 aliphatic rings. The number of halogens is 1. The molecule has 0 fully saturated rings. The lowest BCUT2D eigenvalue weighted by atomic mass is 10.00. The Kier molecular flexibility index (Phi) is 4.66. The van der Waals surface area contributed by atoms with Crippen molar-refractivity contribution in [3.05, 3.63) is 59.9 Å². The molecule has 0 saturated heterocycles. The van der Waals surface area contributed by atoms with Gasteiger partial charge in [-0.25, -0.2) is 4.39 Å². The van der Waals surface area contributed by atoms with Crippen LogP contribution in [0.4, 0.5) is 4.39 Å². The molecule has 0 amide bonds. The zero-order valence-corrected chi connectivity index (χ0v) is 11.2. The van der Waals surface area contributed by atoms with Gasteiger partial charge in [-0.1, -0.05) is 41.6 Å². The van der Waals surface area contributed by atoms with Crippen molar-refractivity contribution in [3.8, 4) is 11.1 Å². The predicted molar refractivity (Wildman–Crippen MR) is 77.0 cm³/mol. The van der Waals surface area contributed by atoms with Gasteiger partial charge in [-0.2, -0.15) is 0 Å². The van der Waals surface area contributed by atoms with Gasteiger partial charge in [-0.3, -0.25) is 4.79 Å². The fourth-order valence-electron chi connectivity index (χ4n) is 2.02. The molecule has 0 bridgehead atoms. The minimum atomic E-state index is -1.03. The Morgan fingerprint density at radius 3 is 2.33 bits per heavy atom. The molecule has 0 radical (unpaired) electrons. The molecule has 0 saturated carbocycles. The first-order chi connectivity index (χ1) is 10.1. The number of hydrogen-bond donors (Lipinski definition) is 2. The van der Waals surface area contributed by atoms with Crippen LogP contribution in [0.15, 0.2) is 53.7 Å². The van der Waals surface area contributed by atoms with Gasteiger partial charge < -0.3 is 10.3 Å². The van der Waals surface area contributed by atoms with E-state index in [0.717, 1.165) is 5.56 Å². The smallest absolute Gasteiger partial charge is 0.303 e. The molecule has 0 heterocycles. The van der Waals surface area contributed by atoms with Crippen LogP contribution in [-0.4, -0.2) is 22.0 Å². The molecule has 21 heavy (non-hydrogen) atoms. The van der Waals surface area contributed by atoms with E-state index in [1.807, 2.05) is 30.3 Å². The van der Waals surface area contributed by atoms with Gasteiger partial charge in [0.1, 0.15) is 5.82 Å². The SMILES string of the molecule is O=C(O)CCC(=NO)c1ccc(-c2ccccc2)cc1F. The topological polar surface area (TPSA) is 69.9 Å². The van der Waals surface area contributed by atoms with Crippen molar-refractivity contribution in [3.63, 3.8) is 0 Å². The van der Waals surface area contributed by atoms with Crippen molar-refractivity contribution >= 4 is 11.7 Å². The number of carboxylic acid groups (broad SMARTS) is 1. The highest BCUT2D eigenvalue weighted by Crippen LogP contribution is 2.22. The number of carboxylic acids is 1. The van der Waals surface area contributed by atoms with Crippen LogP contribution in [0.25, 0.3) is 11.1 Å². The third-order valence-corrected chi connectivity index (χ3v) is 3.08. The molecule has 0 unspecified atom stereocenters. The van der Waals surface area contributed by atoms with Crippen LogP contribution in [0.5, 0.6) is 0 Å². The number of hydrogen-bond acceptors (Lipinski definition) is 3. The number of rotatable bonds is 5. The summed E-state index contributed by atoms with van der Waals surface area (Å²) in [5.74, 6) is -1.58. The highest BCUT2D eigenvalue weighted by molar-refractivity contribution is 6.01. The molecule has 2 aromatic carbocycles. The second kappa shape index (κ2) is 6.65. The van der Waals surface area contributed by atoms with Crippen LogP contribution in [0.1, 0.15) is 18.4 Å². The maximum Gasteiger partial charge on any atom is 0.303 e. The molecular weight excluding hydrogens is 273 g/mol. The van der Waals surface area contributed by atoms with Crippen molar-refractivity contribution < 1.29 is 19.5 Å². The Hall–Kier alpha value is -2.69. The summed E-state index contributed by atoms with van der Waals surface area (Å²) in [6, 6.07) is 13.9. The lowest BCUT2D eigenvalue weighted by molar-refractivity contribution is -0.136. The monoisotopic (exact) mass is 287 g/mol. The van der Waals surface area contributed by atoms with E-state index in [1.165, 1.54) is 12.1 Å². The van der Waals surface area contributed by atoms with Crippen LogP contribution in [0.3, 0.4) is 0 Å². The average Bonchev–Trinajstić information content (AvgIpc) is 2.49. The fourth-order valence-corrected chi connectivity index (χ4v) is 2.02. The van der Waals surface area contributed by atoms with Crippen LogP contribution in [-0.2, 0) is 4.79 Å². The number of carbonyl (C=O) groups is 1.